The van der Waals surface area contributed by atoms with Gasteiger partial charge in [0.2, 0.25) is 29.5 Å². The second kappa shape index (κ2) is 43.0. The van der Waals surface area contributed by atoms with Crippen molar-refractivity contribution in [3.63, 3.8) is 0 Å². The standard InChI is InChI=1S/C43H76BrN5O15/c44-31-38(52)45-22-16-15-17-34(42(57)58)49-40(54)33-64-30-28-62-26-24-47-39(53)32-63-29-27-61-25-23-46-36(50)21-20-35(43(59)60)48-37(51)18-13-11-9-7-5-3-1-2-4-6-8-10-12-14-19-41(55)56/h34-35H,1-33H2,(H,45,52)(H,46,50)(H,47,53)(H,48,51)(H,49,54)(H,55,56)(H,57,58)(H,59,60)/t34-,35-/m0/s1. The molecule has 2 atom stereocenters. The largest absolute Gasteiger partial charge is 0.481 e. The van der Waals surface area contributed by atoms with E-state index in [0.717, 1.165) is 44.9 Å². The van der Waals surface area contributed by atoms with Gasteiger partial charge >= 0.3 is 17.9 Å². The molecule has 0 bridgehead atoms. The van der Waals surface area contributed by atoms with Crippen LogP contribution in [0.5, 0.6) is 0 Å². The van der Waals surface area contributed by atoms with E-state index in [0.29, 0.717) is 25.8 Å². The number of alkyl halides is 1. The number of amides is 5. The fourth-order valence-electron chi connectivity index (χ4n) is 6.16. The zero-order chi connectivity index (χ0) is 47.5. The minimum atomic E-state index is -1.20. The van der Waals surface area contributed by atoms with Gasteiger partial charge in [0.05, 0.1) is 45.0 Å². The molecule has 0 aromatic heterocycles. The van der Waals surface area contributed by atoms with Crippen LogP contribution in [0.15, 0.2) is 0 Å². The van der Waals surface area contributed by atoms with E-state index in [9.17, 15) is 48.6 Å². The number of hydrogen-bond acceptors (Lipinski definition) is 12. The average molecular weight is 983 g/mol. The molecule has 21 heteroatoms. The van der Waals surface area contributed by atoms with Gasteiger partial charge in [0.1, 0.15) is 25.3 Å². The summed E-state index contributed by atoms with van der Waals surface area (Å²) in [5.74, 6) is -4.89. The zero-order valence-corrected chi connectivity index (χ0v) is 39.2. The number of carbonyl (C=O) groups is 8. The van der Waals surface area contributed by atoms with Gasteiger partial charge in [-0.05, 0) is 38.5 Å². The number of aliphatic carboxylic acids is 3. The number of ether oxygens (including phenoxy) is 4. The third kappa shape index (κ3) is 40.8. The third-order valence-electron chi connectivity index (χ3n) is 9.68. The average Bonchev–Trinajstić information content (AvgIpc) is 3.25. The van der Waals surface area contributed by atoms with E-state index in [2.05, 4.69) is 42.5 Å². The predicted molar refractivity (Wildman–Crippen MR) is 240 cm³/mol. The van der Waals surface area contributed by atoms with Crippen molar-refractivity contribution in [2.45, 2.75) is 147 Å². The van der Waals surface area contributed by atoms with Gasteiger partial charge in [-0.1, -0.05) is 93.0 Å². The molecule has 370 valence electrons. The molecule has 8 N–H and O–H groups in total. The van der Waals surface area contributed by atoms with Gasteiger partial charge in [-0.25, -0.2) is 9.59 Å². The minimum absolute atomic E-state index is 0.0416. The van der Waals surface area contributed by atoms with E-state index in [1.807, 2.05) is 0 Å². The monoisotopic (exact) mass is 981 g/mol. The molecule has 0 unspecified atom stereocenters. The Balaban J connectivity index is 3.74. The molecule has 0 heterocycles. The molecule has 0 spiro atoms. The summed E-state index contributed by atoms with van der Waals surface area (Å²) in [6.45, 7) is 1.17. The number of carbonyl (C=O) groups excluding carboxylic acids is 5. The van der Waals surface area contributed by atoms with Crippen LogP contribution in [0, 0.1) is 0 Å². The molecule has 0 radical (unpaired) electrons. The van der Waals surface area contributed by atoms with Crippen LogP contribution in [0.25, 0.3) is 0 Å². The summed E-state index contributed by atoms with van der Waals surface area (Å²) in [5, 5.41) is 40.5. The Morgan fingerprint density at radius 3 is 1.31 bits per heavy atom. The molecule has 0 aliphatic rings. The number of carboxylic acids is 3. The van der Waals surface area contributed by atoms with E-state index in [1.54, 1.807) is 0 Å². The number of hydrogen-bond donors (Lipinski definition) is 8. The summed E-state index contributed by atoms with van der Waals surface area (Å²) in [6, 6.07) is -2.22. The molecular weight excluding hydrogens is 906 g/mol. The Morgan fingerprint density at radius 1 is 0.391 bits per heavy atom. The highest BCUT2D eigenvalue weighted by molar-refractivity contribution is 9.09. The van der Waals surface area contributed by atoms with Gasteiger partial charge in [0, 0.05) is 38.9 Å². The Hall–Kier alpha value is -3.92. The minimum Gasteiger partial charge on any atom is -0.481 e. The van der Waals surface area contributed by atoms with Crippen molar-refractivity contribution in [1.82, 2.24) is 26.6 Å². The maximum atomic E-state index is 12.3. The zero-order valence-electron chi connectivity index (χ0n) is 37.6. The first kappa shape index (κ1) is 60.1. The Bertz CT molecular complexity index is 1310. The van der Waals surface area contributed by atoms with Crippen LogP contribution in [0.4, 0.5) is 0 Å². The molecular formula is C43H76BrN5O15. The smallest absolute Gasteiger partial charge is 0.326 e. The van der Waals surface area contributed by atoms with Crippen LogP contribution in [-0.4, -0.2) is 153 Å². The Labute approximate surface area is 386 Å². The third-order valence-corrected chi connectivity index (χ3v) is 10.2. The Morgan fingerprint density at radius 2 is 0.812 bits per heavy atom. The van der Waals surface area contributed by atoms with E-state index in [1.165, 1.54) is 38.5 Å². The molecule has 20 nitrogen and oxygen atoms in total. The fraction of sp³-hybridized carbons (Fsp3) is 0.814. The SMILES string of the molecule is O=C(O)CCCCCCCCCCCCCCCCC(=O)N[C@@H](CCC(=O)NCCOCCOCC(=O)NCCOCCOCC(=O)N[C@@H](CCCCNC(=O)CBr)C(=O)O)C(=O)O. The molecule has 0 aromatic carbocycles. The predicted octanol–water partition coefficient (Wildman–Crippen LogP) is 3.21. The number of nitrogens with one attached hydrogen (secondary N) is 5. The van der Waals surface area contributed by atoms with Gasteiger partial charge < -0.3 is 60.9 Å². The second-order valence-corrected chi connectivity index (χ2v) is 15.9. The molecule has 0 aromatic rings. The number of carboxylic acid groups (broad SMARTS) is 3. The van der Waals surface area contributed by atoms with Crippen LogP contribution in [0.3, 0.4) is 0 Å². The molecule has 0 aliphatic heterocycles. The summed E-state index contributed by atoms with van der Waals surface area (Å²) in [5.41, 5.74) is 0. The molecule has 0 rings (SSSR count). The van der Waals surface area contributed by atoms with Crippen molar-refractivity contribution < 1.29 is 72.6 Å². The molecule has 64 heavy (non-hydrogen) atoms. The van der Waals surface area contributed by atoms with Crippen LogP contribution < -0.4 is 26.6 Å². The summed E-state index contributed by atoms with van der Waals surface area (Å²) in [6.07, 6.45) is 16.6. The quantitative estimate of drug-likeness (QED) is 0.0321. The summed E-state index contributed by atoms with van der Waals surface area (Å²) in [4.78, 5) is 93.3. The van der Waals surface area contributed by atoms with Crippen molar-refractivity contribution >= 4 is 63.4 Å². The maximum absolute atomic E-state index is 12.3. The van der Waals surface area contributed by atoms with Gasteiger partial charge in [-0.2, -0.15) is 0 Å². The van der Waals surface area contributed by atoms with Crippen molar-refractivity contribution in [3.05, 3.63) is 0 Å². The lowest BCUT2D eigenvalue weighted by Crippen LogP contribution is -2.42. The first-order valence-corrected chi connectivity index (χ1v) is 23.9. The van der Waals surface area contributed by atoms with Crippen molar-refractivity contribution in [1.29, 1.82) is 0 Å². The highest BCUT2D eigenvalue weighted by Gasteiger charge is 2.21. The first-order valence-electron chi connectivity index (χ1n) is 22.8. The van der Waals surface area contributed by atoms with Crippen LogP contribution in [0.2, 0.25) is 0 Å². The fourth-order valence-corrected chi connectivity index (χ4v) is 6.36. The Kier molecular flexibility index (Phi) is 40.4. The van der Waals surface area contributed by atoms with E-state index < -0.39 is 35.9 Å². The number of halogens is 1. The van der Waals surface area contributed by atoms with E-state index in [-0.39, 0.29) is 127 Å². The van der Waals surface area contributed by atoms with Crippen molar-refractivity contribution in [2.24, 2.45) is 0 Å². The summed E-state index contributed by atoms with van der Waals surface area (Å²) in [7, 11) is 0. The molecule has 5 amide bonds. The molecule has 0 saturated carbocycles. The summed E-state index contributed by atoms with van der Waals surface area (Å²) < 4.78 is 21.2. The molecule has 0 fully saturated rings. The second-order valence-electron chi connectivity index (χ2n) is 15.3. The molecule has 0 aliphatic carbocycles. The topological polar surface area (TPSA) is 294 Å². The highest BCUT2D eigenvalue weighted by atomic mass is 79.9. The van der Waals surface area contributed by atoms with Crippen LogP contribution in [-0.2, 0) is 57.3 Å². The molecule has 0 saturated heterocycles. The van der Waals surface area contributed by atoms with Crippen molar-refractivity contribution in [2.75, 3.05) is 77.8 Å². The van der Waals surface area contributed by atoms with E-state index >= 15 is 0 Å². The van der Waals surface area contributed by atoms with Gasteiger partial charge in [-0.15, -0.1) is 0 Å². The lowest BCUT2D eigenvalue weighted by atomic mass is 10.0. The van der Waals surface area contributed by atoms with Gasteiger partial charge in [0.25, 0.3) is 0 Å². The lowest BCUT2D eigenvalue weighted by Gasteiger charge is -2.14. The first-order chi connectivity index (χ1) is 30.8. The van der Waals surface area contributed by atoms with Gasteiger partial charge in [-0.3, -0.25) is 28.8 Å². The number of rotatable bonds is 46. The van der Waals surface area contributed by atoms with E-state index in [4.69, 9.17) is 24.1 Å². The number of unbranched alkanes of at least 4 members (excludes halogenated alkanes) is 14. The summed E-state index contributed by atoms with van der Waals surface area (Å²) >= 11 is 3.04. The normalized spacial score (nSPS) is 11.9. The maximum Gasteiger partial charge on any atom is 0.326 e. The van der Waals surface area contributed by atoms with Crippen LogP contribution >= 0.6 is 15.9 Å². The van der Waals surface area contributed by atoms with Crippen molar-refractivity contribution in [3.8, 4) is 0 Å². The van der Waals surface area contributed by atoms with Gasteiger partial charge in [0.15, 0.2) is 0 Å². The van der Waals surface area contributed by atoms with Crippen LogP contribution in [0.1, 0.15) is 135 Å². The highest BCUT2D eigenvalue weighted by Crippen LogP contribution is 2.14. The lowest BCUT2D eigenvalue weighted by molar-refractivity contribution is -0.143.